The SMILES string of the molecule is COC(=O)c1cnc(C(F)F)nc1. The van der Waals surface area contributed by atoms with Gasteiger partial charge in [0.15, 0.2) is 5.82 Å². The lowest BCUT2D eigenvalue weighted by molar-refractivity contribution is 0.0598. The molecule has 0 spiro atoms. The molecule has 4 nitrogen and oxygen atoms in total. The minimum absolute atomic E-state index is 0.0481. The van der Waals surface area contributed by atoms with Crippen molar-refractivity contribution >= 4 is 5.97 Å². The second-order valence-electron chi connectivity index (χ2n) is 2.12. The van der Waals surface area contributed by atoms with Crippen molar-refractivity contribution in [2.75, 3.05) is 7.11 Å². The van der Waals surface area contributed by atoms with Crippen molar-refractivity contribution in [1.29, 1.82) is 0 Å². The third-order valence-electron chi connectivity index (χ3n) is 1.29. The Balaban J connectivity index is 2.87. The molecule has 1 aromatic heterocycles. The Morgan fingerprint density at radius 2 is 2.00 bits per heavy atom. The van der Waals surface area contributed by atoms with Crippen molar-refractivity contribution in [2.45, 2.75) is 6.43 Å². The molecule has 0 bridgehead atoms. The van der Waals surface area contributed by atoms with Crippen molar-refractivity contribution in [3.8, 4) is 0 Å². The summed E-state index contributed by atoms with van der Waals surface area (Å²) in [7, 11) is 1.18. The predicted octanol–water partition coefficient (Wildman–Crippen LogP) is 1.20. The topological polar surface area (TPSA) is 52.1 Å². The second kappa shape index (κ2) is 3.88. The van der Waals surface area contributed by atoms with E-state index in [-0.39, 0.29) is 5.56 Å². The number of esters is 1. The van der Waals surface area contributed by atoms with Gasteiger partial charge in [-0.2, -0.15) is 0 Å². The molecule has 70 valence electrons. The number of hydrogen-bond donors (Lipinski definition) is 0. The number of methoxy groups -OCH3 is 1. The molecule has 0 fully saturated rings. The Hall–Kier alpha value is -1.59. The quantitative estimate of drug-likeness (QED) is 0.654. The van der Waals surface area contributed by atoms with Crippen LogP contribution in [0.2, 0.25) is 0 Å². The van der Waals surface area contributed by atoms with E-state index in [0.29, 0.717) is 0 Å². The van der Waals surface area contributed by atoms with E-state index in [9.17, 15) is 13.6 Å². The molecule has 0 unspecified atom stereocenters. The molecule has 0 saturated carbocycles. The van der Waals surface area contributed by atoms with Crippen molar-refractivity contribution < 1.29 is 18.3 Å². The molecule has 0 radical (unpaired) electrons. The molecule has 0 aromatic carbocycles. The number of carbonyl (C=O) groups excluding carboxylic acids is 1. The zero-order chi connectivity index (χ0) is 9.84. The summed E-state index contributed by atoms with van der Waals surface area (Å²) in [5, 5.41) is 0. The fourth-order valence-corrected chi connectivity index (χ4v) is 0.674. The summed E-state index contributed by atoms with van der Waals surface area (Å²) in [6.45, 7) is 0. The average Bonchev–Trinajstić information content (AvgIpc) is 2.17. The van der Waals surface area contributed by atoms with Crippen LogP contribution >= 0.6 is 0 Å². The highest BCUT2D eigenvalue weighted by Crippen LogP contribution is 2.12. The summed E-state index contributed by atoms with van der Waals surface area (Å²) in [4.78, 5) is 17.4. The minimum Gasteiger partial charge on any atom is -0.465 e. The number of aromatic nitrogens is 2. The number of hydrogen-bond acceptors (Lipinski definition) is 4. The van der Waals surface area contributed by atoms with Gasteiger partial charge in [-0.25, -0.2) is 23.5 Å². The predicted molar refractivity (Wildman–Crippen MR) is 38.3 cm³/mol. The zero-order valence-corrected chi connectivity index (χ0v) is 6.70. The van der Waals surface area contributed by atoms with Gasteiger partial charge in [0.05, 0.1) is 12.7 Å². The van der Waals surface area contributed by atoms with Gasteiger partial charge in [0.1, 0.15) is 0 Å². The number of ether oxygens (including phenoxy) is 1. The van der Waals surface area contributed by atoms with Crippen LogP contribution in [0.4, 0.5) is 8.78 Å². The van der Waals surface area contributed by atoms with E-state index in [2.05, 4.69) is 14.7 Å². The number of alkyl halides is 2. The summed E-state index contributed by atoms with van der Waals surface area (Å²) in [5.74, 6) is -1.26. The minimum atomic E-state index is -2.73. The Labute approximate surface area is 72.6 Å². The lowest BCUT2D eigenvalue weighted by atomic mass is 10.3. The molecular weight excluding hydrogens is 182 g/mol. The maximum Gasteiger partial charge on any atom is 0.341 e. The van der Waals surface area contributed by atoms with Crippen LogP contribution in [0, 0.1) is 0 Å². The summed E-state index contributed by atoms with van der Waals surface area (Å²) < 4.78 is 28.2. The molecule has 1 aromatic rings. The van der Waals surface area contributed by atoms with E-state index in [0.717, 1.165) is 12.4 Å². The Morgan fingerprint density at radius 3 is 2.38 bits per heavy atom. The van der Waals surface area contributed by atoms with Gasteiger partial charge in [-0.15, -0.1) is 0 Å². The van der Waals surface area contributed by atoms with Gasteiger partial charge in [0.2, 0.25) is 0 Å². The molecule has 0 amide bonds. The monoisotopic (exact) mass is 188 g/mol. The summed E-state index contributed by atoms with van der Waals surface area (Å²) in [6, 6.07) is 0. The number of nitrogens with zero attached hydrogens (tertiary/aromatic N) is 2. The first-order valence-corrected chi connectivity index (χ1v) is 3.33. The Kier molecular flexibility index (Phi) is 2.84. The third-order valence-corrected chi connectivity index (χ3v) is 1.29. The molecule has 13 heavy (non-hydrogen) atoms. The van der Waals surface area contributed by atoms with Gasteiger partial charge in [-0.3, -0.25) is 0 Å². The highest BCUT2D eigenvalue weighted by atomic mass is 19.3. The number of rotatable bonds is 2. The third kappa shape index (κ3) is 2.17. The van der Waals surface area contributed by atoms with Crippen molar-refractivity contribution in [2.24, 2.45) is 0 Å². The Bertz CT molecular complexity index is 300. The highest BCUT2D eigenvalue weighted by molar-refractivity contribution is 5.88. The maximum atomic E-state index is 11.9. The fraction of sp³-hybridized carbons (Fsp3) is 0.286. The number of carbonyl (C=O) groups is 1. The molecule has 1 rings (SSSR count). The fourth-order valence-electron chi connectivity index (χ4n) is 0.674. The largest absolute Gasteiger partial charge is 0.465 e. The second-order valence-corrected chi connectivity index (χ2v) is 2.12. The van der Waals surface area contributed by atoms with E-state index in [1.54, 1.807) is 0 Å². The number of halogens is 2. The van der Waals surface area contributed by atoms with Gasteiger partial charge >= 0.3 is 5.97 Å². The van der Waals surface area contributed by atoms with E-state index < -0.39 is 18.2 Å². The van der Waals surface area contributed by atoms with Crippen LogP contribution in [0.5, 0.6) is 0 Å². The smallest absolute Gasteiger partial charge is 0.341 e. The van der Waals surface area contributed by atoms with Crippen LogP contribution in [0.1, 0.15) is 22.6 Å². The van der Waals surface area contributed by atoms with E-state index >= 15 is 0 Å². The first-order chi connectivity index (χ1) is 6.15. The molecule has 0 aliphatic rings. The highest BCUT2D eigenvalue weighted by Gasteiger charge is 2.12. The van der Waals surface area contributed by atoms with Crippen LogP contribution in [0.3, 0.4) is 0 Å². The Morgan fingerprint density at radius 1 is 1.46 bits per heavy atom. The van der Waals surface area contributed by atoms with Crippen LogP contribution in [-0.2, 0) is 4.74 Å². The zero-order valence-electron chi connectivity index (χ0n) is 6.70. The van der Waals surface area contributed by atoms with Gasteiger partial charge in [0, 0.05) is 12.4 Å². The first kappa shape index (κ1) is 9.50. The van der Waals surface area contributed by atoms with Crippen LogP contribution < -0.4 is 0 Å². The first-order valence-electron chi connectivity index (χ1n) is 3.33. The van der Waals surface area contributed by atoms with Crippen molar-refractivity contribution in [3.05, 3.63) is 23.8 Å². The lowest BCUT2D eigenvalue weighted by Gasteiger charge is -1.99. The van der Waals surface area contributed by atoms with Crippen LogP contribution in [0.25, 0.3) is 0 Å². The average molecular weight is 188 g/mol. The van der Waals surface area contributed by atoms with Gasteiger partial charge in [-0.1, -0.05) is 0 Å². The molecule has 1 heterocycles. The van der Waals surface area contributed by atoms with Gasteiger partial charge in [-0.05, 0) is 0 Å². The van der Waals surface area contributed by atoms with Crippen LogP contribution in [-0.4, -0.2) is 23.0 Å². The molecule has 0 aliphatic heterocycles. The molecule has 0 saturated heterocycles. The summed E-state index contributed by atoms with van der Waals surface area (Å²) >= 11 is 0. The van der Waals surface area contributed by atoms with Crippen molar-refractivity contribution in [1.82, 2.24) is 9.97 Å². The molecular formula is C7H6F2N2O2. The molecule has 6 heteroatoms. The molecule has 0 N–H and O–H groups in total. The maximum absolute atomic E-state index is 11.9. The lowest BCUT2D eigenvalue weighted by Crippen LogP contribution is -2.04. The molecule has 0 atom stereocenters. The van der Waals surface area contributed by atoms with E-state index in [1.165, 1.54) is 7.11 Å². The summed E-state index contributed by atoms with van der Waals surface area (Å²) in [5.41, 5.74) is 0.0481. The van der Waals surface area contributed by atoms with Gasteiger partial charge in [0.25, 0.3) is 6.43 Å². The van der Waals surface area contributed by atoms with E-state index in [4.69, 9.17) is 0 Å². The van der Waals surface area contributed by atoms with Crippen molar-refractivity contribution in [3.63, 3.8) is 0 Å². The van der Waals surface area contributed by atoms with Crippen LogP contribution in [0.15, 0.2) is 12.4 Å². The van der Waals surface area contributed by atoms with E-state index in [1.807, 2.05) is 0 Å². The standard InChI is InChI=1S/C7H6F2N2O2/c1-13-7(12)4-2-10-6(5(8)9)11-3-4/h2-3,5H,1H3. The normalized spacial score (nSPS) is 10.2. The van der Waals surface area contributed by atoms with Gasteiger partial charge < -0.3 is 4.74 Å². The molecule has 0 aliphatic carbocycles. The summed E-state index contributed by atoms with van der Waals surface area (Å²) in [6.07, 6.45) is -0.729.